The molecule has 2 aromatic carbocycles. The van der Waals surface area contributed by atoms with E-state index in [0.29, 0.717) is 0 Å². The number of aliphatic imine (C=N–C) groups is 2. The fourth-order valence-electron chi connectivity index (χ4n) is 3.17. The minimum atomic E-state index is 0.831. The van der Waals surface area contributed by atoms with Crippen LogP contribution in [0.25, 0.3) is 0 Å². The van der Waals surface area contributed by atoms with Crippen LogP contribution in [-0.4, -0.2) is 12.4 Å². The van der Waals surface area contributed by atoms with Gasteiger partial charge in [0.2, 0.25) is 0 Å². The molecule has 0 fully saturated rings. The number of benzene rings is 2. The maximum Gasteiger partial charge on any atom is 0.0664 e. The van der Waals surface area contributed by atoms with E-state index in [1.54, 1.807) is 0 Å². The van der Waals surface area contributed by atoms with Crippen LogP contribution in [-0.2, 0) is 19.4 Å². The van der Waals surface area contributed by atoms with Crippen LogP contribution in [0.2, 0.25) is 0 Å². The van der Waals surface area contributed by atoms with Gasteiger partial charge in [0, 0.05) is 24.4 Å². The number of hydrogen-bond acceptors (Lipinski definition) is 2. The second-order valence-corrected chi connectivity index (χ2v) is 5.51. The minimum Gasteiger partial charge on any atom is -0.288 e. The van der Waals surface area contributed by atoms with Gasteiger partial charge in [-0.05, 0) is 47.2 Å². The van der Waals surface area contributed by atoms with Gasteiger partial charge < -0.3 is 0 Å². The Morgan fingerprint density at radius 1 is 1.05 bits per heavy atom. The van der Waals surface area contributed by atoms with E-state index in [1.807, 2.05) is 12.4 Å². The van der Waals surface area contributed by atoms with Crippen LogP contribution in [0.4, 0.5) is 5.69 Å². The molecule has 0 amide bonds. The molecule has 4 rings (SSSR count). The summed E-state index contributed by atoms with van der Waals surface area (Å²) in [4.78, 5) is 8.88. The van der Waals surface area contributed by atoms with Crippen molar-refractivity contribution in [2.75, 3.05) is 0 Å². The number of aryl methyl sites for hydroxylation is 1. The van der Waals surface area contributed by atoms with E-state index in [2.05, 4.69) is 47.2 Å². The molecule has 2 aliphatic heterocycles. The van der Waals surface area contributed by atoms with Crippen molar-refractivity contribution in [3.8, 4) is 0 Å². The summed E-state index contributed by atoms with van der Waals surface area (Å²) in [6.45, 7) is 2.99. The van der Waals surface area contributed by atoms with Crippen molar-refractivity contribution in [3.63, 3.8) is 0 Å². The zero-order chi connectivity index (χ0) is 13.5. The predicted octanol–water partition coefficient (Wildman–Crippen LogP) is 3.78. The van der Waals surface area contributed by atoms with Crippen molar-refractivity contribution < 1.29 is 0 Å². The summed E-state index contributed by atoms with van der Waals surface area (Å²) < 4.78 is 0. The summed E-state index contributed by atoms with van der Waals surface area (Å²) in [5.74, 6) is 0. The molecule has 2 aromatic rings. The summed E-state index contributed by atoms with van der Waals surface area (Å²) in [6, 6.07) is 10.9. The summed E-state index contributed by atoms with van der Waals surface area (Å²) >= 11 is 0. The summed E-state index contributed by atoms with van der Waals surface area (Å²) in [7, 11) is 0. The van der Waals surface area contributed by atoms with E-state index in [0.717, 1.165) is 25.1 Å². The molecule has 0 bridgehead atoms. The quantitative estimate of drug-likeness (QED) is 0.785. The molecular weight excluding hydrogens is 244 g/mol. The molecule has 0 N–H and O–H groups in total. The Morgan fingerprint density at radius 3 is 2.90 bits per heavy atom. The molecule has 98 valence electrons. The highest BCUT2D eigenvalue weighted by atomic mass is 14.7. The fraction of sp³-hybridized carbons (Fsp3) is 0.222. The molecule has 0 aliphatic carbocycles. The van der Waals surface area contributed by atoms with Gasteiger partial charge in [0.1, 0.15) is 0 Å². The van der Waals surface area contributed by atoms with Gasteiger partial charge in [-0.15, -0.1) is 0 Å². The normalized spacial score (nSPS) is 14.7. The Morgan fingerprint density at radius 2 is 1.95 bits per heavy atom. The van der Waals surface area contributed by atoms with Crippen LogP contribution in [0.15, 0.2) is 40.3 Å². The highest BCUT2D eigenvalue weighted by Crippen LogP contribution is 2.31. The average molecular weight is 260 g/mol. The molecule has 0 unspecified atom stereocenters. The zero-order valence-electron chi connectivity index (χ0n) is 11.6. The number of hydrogen-bond donors (Lipinski definition) is 0. The van der Waals surface area contributed by atoms with Crippen LogP contribution >= 0.6 is 0 Å². The third-order valence-corrected chi connectivity index (χ3v) is 4.30. The second kappa shape index (κ2) is 4.41. The maximum atomic E-state index is 4.44. The number of nitrogens with zero attached hydrogens (tertiary/aromatic N) is 2. The summed E-state index contributed by atoms with van der Waals surface area (Å²) in [5.41, 5.74) is 9.39. The van der Waals surface area contributed by atoms with Crippen molar-refractivity contribution in [2.45, 2.75) is 26.3 Å². The predicted molar refractivity (Wildman–Crippen MR) is 83.6 cm³/mol. The molecule has 2 heterocycles. The highest BCUT2D eigenvalue weighted by Gasteiger charge is 2.16. The van der Waals surface area contributed by atoms with Crippen LogP contribution < -0.4 is 0 Å². The van der Waals surface area contributed by atoms with Gasteiger partial charge in [-0.3, -0.25) is 9.98 Å². The molecule has 0 saturated heterocycles. The van der Waals surface area contributed by atoms with Crippen molar-refractivity contribution in [2.24, 2.45) is 9.98 Å². The minimum absolute atomic E-state index is 0.831. The lowest BCUT2D eigenvalue weighted by Crippen LogP contribution is -2.00. The molecule has 20 heavy (non-hydrogen) atoms. The van der Waals surface area contributed by atoms with E-state index in [1.165, 1.54) is 33.4 Å². The first-order chi connectivity index (χ1) is 9.83. The Balaban J connectivity index is 1.75. The molecule has 0 radical (unpaired) electrons. The van der Waals surface area contributed by atoms with E-state index in [-0.39, 0.29) is 0 Å². The lowest BCUT2D eigenvalue weighted by atomic mass is 9.92. The standard InChI is InChI=1S/C18H16N2/c1-12-5-6-14(17-11-19-10-16(12)17)9-13-3-2-4-18-15(13)7-8-20-18/h2-6,8,10H,7,9,11H2,1H3. The molecule has 2 heteroatoms. The van der Waals surface area contributed by atoms with Crippen LogP contribution in [0, 0.1) is 6.92 Å². The van der Waals surface area contributed by atoms with Crippen molar-refractivity contribution in [3.05, 3.63) is 63.7 Å². The van der Waals surface area contributed by atoms with E-state index in [4.69, 9.17) is 0 Å². The smallest absolute Gasteiger partial charge is 0.0664 e. The third kappa shape index (κ3) is 1.72. The van der Waals surface area contributed by atoms with Gasteiger partial charge in [-0.25, -0.2) is 0 Å². The van der Waals surface area contributed by atoms with E-state index in [9.17, 15) is 0 Å². The number of fused-ring (bicyclic) bond motifs is 2. The largest absolute Gasteiger partial charge is 0.288 e. The fourth-order valence-corrected chi connectivity index (χ4v) is 3.17. The summed E-state index contributed by atoms with van der Waals surface area (Å²) in [5, 5.41) is 0. The average Bonchev–Trinajstić information content (AvgIpc) is 3.10. The van der Waals surface area contributed by atoms with Gasteiger partial charge in [-0.2, -0.15) is 0 Å². The number of rotatable bonds is 2. The molecular formula is C18H16N2. The molecule has 0 aromatic heterocycles. The molecule has 0 spiro atoms. The van der Waals surface area contributed by atoms with Crippen molar-refractivity contribution in [1.82, 2.24) is 0 Å². The van der Waals surface area contributed by atoms with Crippen molar-refractivity contribution in [1.29, 1.82) is 0 Å². The first kappa shape index (κ1) is 11.6. The van der Waals surface area contributed by atoms with Gasteiger partial charge >= 0.3 is 0 Å². The van der Waals surface area contributed by atoms with Crippen molar-refractivity contribution >= 4 is 18.1 Å². The van der Waals surface area contributed by atoms with Crippen LogP contribution in [0.1, 0.15) is 33.4 Å². The van der Waals surface area contributed by atoms with Gasteiger partial charge in [0.25, 0.3) is 0 Å². The first-order valence-electron chi connectivity index (χ1n) is 7.07. The monoisotopic (exact) mass is 260 g/mol. The zero-order valence-corrected chi connectivity index (χ0v) is 11.6. The van der Waals surface area contributed by atoms with Crippen LogP contribution in [0.5, 0.6) is 0 Å². The van der Waals surface area contributed by atoms with Gasteiger partial charge in [-0.1, -0.05) is 24.3 Å². The lowest BCUT2D eigenvalue weighted by molar-refractivity contribution is 1.04. The Bertz CT molecular complexity index is 754. The molecule has 0 saturated carbocycles. The topological polar surface area (TPSA) is 24.7 Å². The maximum absolute atomic E-state index is 4.44. The van der Waals surface area contributed by atoms with E-state index < -0.39 is 0 Å². The van der Waals surface area contributed by atoms with E-state index >= 15 is 0 Å². The van der Waals surface area contributed by atoms with Crippen LogP contribution in [0.3, 0.4) is 0 Å². The Hall–Kier alpha value is -2.22. The molecule has 2 aliphatic rings. The second-order valence-electron chi connectivity index (χ2n) is 5.51. The highest BCUT2D eigenvalue weighted by molar-refractivity contribution is 5.87. The lowest BCUT2D eigenvalue weighted by Gasteiger charge is -2.12. The van der Waals surface area contributed by atoms with Gasteiger partial charge in [0.15, 0.2) is 0 Å². The first-order valence-corrected chi connectivity index (χ1v) is 7.07. The third-order valence-electron chi connectivity index (χ3n) is 4.30. The Kier molecular flexibility index (Phi) is 2.56. The SMILES string of the molecule is Cc1ccc(Cc2cccc3c2CC=N3)c2c1C=NC2. The molecule has 2 nitrogen and oxygen atoms in total. The summed E-state index contributed by atoms with van der Waals surface area (Å²) in [6.07, 6.45) is 5.98. The molecule has 0 atom stereocenters. The van der Waals surface area contributed by atoms with Gasteiger partial charge in [0.05, 0.1) is 12.2 Å². The Labute approximate surface area is 118 Å².